The number of nitro groups is 1. The van der Waals surface area contributed by atoms with Crippen molar-refractivity contribution in [3.05, 3.63) is 63.2 Å². The highest BCUT2D eigenvalue weighted by atomic mass is 32.2. The number of amides is 1. The molecular weight excluding hydrogens is 468 g/mol. The lowest BCUT2D eigenvalue weighted by atomic mass is 10.1. The van der Waals surface area contributed by atoms with Gasteiger partial charge in [-0.15, -0.1) is 5.10 Å². The monoisotopic (exact) mass is 490 g/mol. The number of rotatable bonds is 8. The molecule has 1 aliphatic heterocycles. The summed E-state index contributed by atoms with van der Waals surface area (Å²) in [6.07, 6.45) is 2.91. The third-order valence-electron chi connectivity index (χ3n) is 4.70. The van der Waals surface area contributed by atoms with Gasteiger partial charge in [-0.25, -0.2) is 0 Å². The molecule has 174 valence electrons. The van der Waals surface area contributed by atoms with E-state index in [0.29, 0.717) is 16.3 Å². The Morgan fingerprint density at radius 2 is 2.00 bits per heavy atom. The maximum atomic E-state index is 12.8. The highest BCUT2D eigenvalue weighted by Gasteiger charge is 2.29. The van der Waals surface area contributed by atoms with E-state index in [1.54, 1.807) is 12.1 Å². The Balaban J connectivity index is 1.85. The van der Waals surface area contributed by atoms with Crippen LogP contribution in [0.5, 0.6) is 5.75 Å². The van der Waals surface area contributed by atoms with E-state index in [-0.39, 0.29) is 27.5 Å². The first kappa shape index (κ1) is 24.4. The van der Waals surface area contributed by atoms with Crippen molar-refractivity contribution in [3.8, 4) is 5.75 Å². The lowest BCUT2D eigenvalue weighted by molar-refractivity contribution is -0.385. The molecule has 0 radical (unpaired) electrons. The zero-order valence-electron chi connectivity index (χ0n) is 18.1. The van der Waals surface area contributed by atoms with Crippen molar-refractivity contribution >= 4 is 44.9 Å². The van der Waals surface area contributed by atoms with Gasteiger partial charge >= 0.3 is 10.1 Å². The summed E-state index contributed by atoms with van der Waals surface area (Å²) in [4.78, 5) is 22.1. The van der Waals surface area contributed by atoms with Crippen LogP contribution in [0, 0.1) is 24.0 Å². The minimum Gasteiger partial charge on any atom is -0.378 e. The maximum absolute atomic E-state index is 12.8. The Hall–Kier alpha value is -3.25. The summed E-state index contributed by atoms with van der Waals surface area (Å²) in [6, 6.07) is 8.35. The number of amidine groups is 1. The van der Waals surface area contributed by atoms with Crippen molar-refractivity contribution in [3.63, 3.8) is 0 Å². The first-order chi connectivity index (χ1) is 15.6. The van der Waals surface area contributed by atoms with Gasteiger partial charge in [0.05, 0.1) is 16.4 Å². The van der Waals surface area contributed by atoms with Gasteiger partial charge in [-0.3, -0.25) is 14.9 Å². The molecule has 3 rings (SSSR count). The SMILES string of the molecule is CCC[C@@H]1SC(=NN=Cc2cc(C)ccc2OS(=O)(=O)c2ccc(C)c([N+](=O)[O-])c2)NC1=O. The largest absolute Gasteiger partial charge is 0.378 e. The molecule has 1 fully saturated rings. The summed E-state index contributed by atoms with van der Waals surface area (Å²) in [7, 11) is -4.35. The molecule has 1 N–H and O–H groups in total. The van der Waals surface area contributed by atoms with Crippen molar-refractivity contribution in [1.82, 2.24) is 5.32 Å². The summed E-state index contributed by atoms with van der Waals surface area (Å²) < 4.78 is 30.8. The quantitative estimate of drug-likeness (QED) is 0.257. The molecule has 12 heteroatoms. The minimum atomic E-state index is -4.35. The topological polar surface area (TPSA) is 140 Å². The number of aryl methyl sites for hydroxylation is 2. The van der Waals surface area contributed by atoms with Crippen LogP contribution in [0.3, 0.4) is 0 Å². The summed E-state index contributed by atoms with van der Waals surface area (Å²) in [5.41, 5.74) is 1.17. The summed E-state index contributed by atoms with van der Waals surface area (Å²) in [5, 5.41) is 22.0. The van der Waals surface area contributed by atoms with Crippen LogP contribution >= 0.6 is 11.8 Å². The Morgan fingerprint density at radius 3 is 2.70 bits per heavy atom. The zero-order chi connectivity index (χ0) is 24.2. The first-order valence-electron chi connectivity index (χ1n) is 9.99. The fraction of sp³-hybridized carbons (Fsp3) is 0.286. The standard InChI is InChI=1S/C21H22N4O6S2/c1-4-5-19-20(26)23-21(32-19)24-22-12-15-10-13(2)6-9-18(15)31-33(29,30)16-8-7-14(3)17(11-16)25(27)28/h6-12,19H,4-5H2,1-3H3,(H,23,24,26)/t19-/m0/s1. The van der Waals surface area contributed by atoms with E-state index in [4.69, 9.17) is 4.18 Å². The number of hydrogen-bond acceptors (Lipinski definition) is 9. The Bertz CT molecular complexity index is 1260. The summed E-state index contributed by atoms with van der Waals surface area (Å²) in [6.45, 7) is 5.32. The normalized spacial score (nSPS) is 17.5. The van der Waals surface area contributed by atoms with Gasteiger partial charge in [-0.1, -0.05) is 42.8 Å². The molecule has 0 aromatic heterocycles. The van der Waals surface area contributed by atoms with Crippen LogP contribution in [0.4, 0.5) is 5.69 Å². The van der Waals surface area contributed by atoms with Crippen LogP contribution in [0.15, 0.2) is 51.5 Å². The molecule has 1 amide bonds. The van der Waals surface area contributed by atoms with E-state index < -0.39 is 15.0 Å². The van der Waals surface area contributed by atoms with E-state index in [1.165, 1.54) is 43.1 Å². The van der Waals surface area contributed by atoms with E-state index in [1.807, 2.05) is 13.8 Å². The lowest BCUT2D eigenvalue weighted by Gasteiger charge is -2.10. The third-order valence-corrected chi connectivity index (χ3v) is 7.07. The van der Waals surface area contributed by atoms with Gasteiger partial charge in [-0.2, -0.15) is 13.5 Å². The molecule has 0 saturated carbocycles. The maximum Gasteiger partial charge on any atom is 0.339 e. The highest BCUT2D eigenvalue weighted by Crippen LogP contribution is 2.27. The predicted octanol–water partition coefficient (Wildman–Crippen LogP) is 3.70. The average molecular weight is 491 g/mol. The Kier molecular flexibility index (Phi) is 7.49. The molecule has 0 spiro atoms. The van der Waals surface area contributed by atoms with Gasteiger partial charge in [0.2, 0.25) is 5.91 Å². The molecule has 2 aromatic carbocycles. The number of benzene rings is 2. The van der Waals surface area contributed by atoms with Gasteiger partial charge in [0, 0.05) is 17.2 Å². The van der Waals surface area contributed by atoms with Gasteiger partial charge in [0.1, 0.15) is 4.90 Å². The first-order valence-corrected chi connectivity index (χ1v) is 12.3. The smallest absolute Gasteiger partial charge is 0.339 e. The fourth-order valence-corrected chi connectivity index (χ4v) is 5.02. The van der Waals surface area contributed by atoms with Crippen molar-refractivity contribution in [2.45, 2.75) is 43.8 Å². The van der Waals surface area contributed by atoms with E-state index in [2.05, 4.69) is 15.5 Å². The second-order valence-electron chi connectivity index (χ2n) is 7.32. The molecule has 0 unspecified atom stereocenters. The van der Waals surface area contributed by atoms with Gasteiger partial charge in [0.25, 0.3) is 5.69 Å². The van der Waals surface area contributed by atoms with Crippen molar-refractivity contribution in [1.29, 1.82) is 0 Å². The molecule has 1 aliphatic rings. The average Bonchev–Trinajstić information content (AvgIpc) is 3.09. The Labute approximate surface area is 195 Å². The zero-order valence-corrected chi connectivity index (χ0v) is 19.8. The van der Waals surface area contributed by atoms with Crippen molar-refractivity contribution in [2.24, 2.45) is 10.2 Å². The molecule has 33 heavy (non-hydrogen) atoms. The number of carbonyl (C=O) groups excluding carboxylic acids is 1. The second-order valence-corrected chi connectivity index (χ2v) is 10.1. The van der Waals surface area contributed by atoms with E-state index in [9.17, 15) is 23.3 Å². The van der Waals surface area contributed by atoms with Crippen LogP contribution in [-0.4, -0.2) is 35.9 Å². The second kappa shape index (κ2) is 10.1. The van der Waals surface area contributed by atoms with E-state index in [0.717, 1.165) is 24.5 Å². The predicted molar refractivity (Wildman–Crippen MR) is 126 cm³/mol. The molecule has 1 atom stereocenters. The molecular formula is C21H22N4O6S2. The van der Waals surface area contributed by atoms with Crippen LogP contribution in [0.2, 0.25) is 0 Å². The van der Waals surface area contributed by atoms with Crippen LogP contribution in [0.25, 0.3) is 0 Å². The lowest BCUT2D eigenvalue weighted by Crippen LogP contribution is -2.24. The third kappa shape index (κ3) is 5.96. The van der Waals surface area contributed by atoms with Crippen LogP contribution in [0.1, 0.15) is 36.5 Å². The number of hydrogen-bond donors (Lipinski definition) is 1. The molecule has 1 saturated heterocycles. The molecule has 0 bridgehead atoms. The summed E-state index contributed by atoms with van der Waals surface area (Å²) in [5.74, 6) is -0.131. The Morgan fingerprint density at radius 1 is 1.24 bits per heavy atom. The fourth-order valence-electron chi connectivity index (χ4n) is 3.00. The number of thioether (sulfide) groups is 1. The highest BCUT2D eigenvalue weighted by molar-refractivity contribution is 8.15. The van der Waals surface area contributed by atoms with Crippen LogP contribution in [-0.2, 0) is 14.9 Å². The van der Waals surface area contributed by atoms with E-state index >= 15 is 0 Å². The van der Waals surface area contributed by atoms with Gasteiger partial charge in [0.15, 0.2) is 10.9 Å². The van der Waals surface area contributed by atoms with Gasteiger partial charge < -0.3 is 9.50 Å². The van der Waals surface area contributed by atoms with Crippen molar-refractivity contribution in [2.75, 3.05) is 0 Å². The number of nitrogens with zero attached hydrogens (tertiary/aromatic N) is 3. The number of nitro benzene ring substituents is 1. The van der Waals surface area contributed by atoms with Crippen molar-refractivity contribution < 1.29 is 22.3 Å². The number of nitrogens with one attached hydrogen (secondary N) is 1. The summed E-state index contributed by atoms with van der Waals surface area (Å²) >= 11 is 1.29. The van der Waals surface area contributed by atoms with Crippen LogP contribution < -0.4 is 9.50 Å². The minimum absolute atomic E-state index is 0.0141. The molecule has 2 aromatic rings. The van der Waals surface area contributed by atoms with Gasteiger partial charge in [-0.05, 0) is 38.5 Å². The molecule has 10 nitrogen and oxygen atoms in total. The number of carbonyl (C=O) groups is 1. The molecule has 0 aliphatic carbocycles. The molecule has 1 heterocycles.